The number of hydrogen-bond acceptors (Lipinski definition) is 3. The van der Waals surface area contributed by atoms with Gasteiger partial charge in [-0.15, -0.1) is 0 Å². The molecule has 0 aliphatic heterocycles. The van der Waals surface area contributed by atoms with E-state index >= 15 is 0 Å². The van der Waals surface area contributed by atoms with E-state index in [1.54, 1.807) is 0 Å². The molecule has 0 fully saturated rings. The maximum absolute atomic E-state index is 12.1. The van der Waals surface area contributed by atoms with Crippen LogP contribution in [0.1, 0.15) is 43.7 Å². The van der Waals surface area contributed by atoms with Gasteiger partial charge in [0.05, 0.1) is 0 Å². The fourth-order valence-electron chi connectivity index (χ4n) is 2.80. The minimum Gasteiger partial charge on any atom is -0.436 e. The molecular formula is C21H24N2O2. The van der Waals surface area contributed by atoms with Gasteiger partial charge in [0.1, 0.15) is 5.52 Å². The topological polar surface area (TPSA) is 55.1 Å². The number of nitrogens with one attached hydrogen (secondary N) is 1. The maximum atomic E-state index is 12.1. The molecule has 0 aliphatic carbocycles. The normalized spacial score (nSPS) is 11.0. The van der Waals surface area contributed by atoms with Crippen LogP contribution < -0.4 is 5.32 Å². The molecule has 130 valence electrons. The molecule has 25 heavy (non-hydrogen) atoms. The Balaban J connectivity index is 1.83. The van der Waals surface area contributed by atoms with Crippen LogP contribution in [0, 0.1) is 13.8 Å². The van der Waals surface area contributed by atoms with Crippen molar-refractivity contribution in [3.63, 3.8) is 0 Å². The van der Waals surface area contributed by atoms with Crippen LogP contribution in [0.4, 0.5) is 5.69 Å². The lowest BCUT2D eigenvalue weighted by Gasteiger charge is -2.09. The summed E-state index contributed by atoms with van der Waals surface area (Å²) in [7, 11) is 0. The molecule has 0 radical (unpaired) electrons. The van der Waals surface area contributed by atoms with Crippen LogP contribution >= 0.6 is 0 Å². The number of amides is 1. The van der Waals surface area contributed by atoms with Crippen molar-refractivity contribution in [2.75, 3.05) is 5.32 Å². The largest absolute Gasteiger partial charge is 0.436 e. The van der Waals surface area contributed by atoms with Crippen LogP contribution in [0.5, 0.6) is 0 Å². The average molecular weight is 336 g/mol. The number of anilines is 1. The monoisotopic (exact) mass is 336 g/mol. The van der Waals surface area contributed by atoms with Gasteiger partial charge in [-0.3, -0.25) is 4.79 Å². The molecule has 1 heterocycles. The first-order valence-corrected chi connectivity index (χ1v) is 8.85. The first-order chi connectivity index (χ1) is 12.1. The molecular weight excluding hydrogens is 312 g/mol. The third-order valence-corrected chi connectivity index (χ3v) is 4.31. The summed E-state index contributed by atoms with van der Waals surface area (Å²) in [6.07, 6.45) is 3.67. The first-order valence-electron chi connectivity index (χ1n) is 8.85. The second kappa shape index (κ2) is 7.51. The van der Waals surface area contributed by atoms with Crippen molar-refractivity contribution < 1.29 is 9.21 Å². The van der Waals surface area contributed by atoms with Crippen LogP contribution in [0.25, 0.3) is 22.6 Å². The van der Waals surface area contributed by atoms with E-state index < -0.39 is 0 Å². The highest BCUT2D eigenvalue weighted by Crippen LogP contribution is 2.28. The number of oxazole rings is 1. The minimum atomic E-state index is 0.0573. The summed E-state index contributed by atoms with van der Waals surface area (Å²) in [6.45, 7) is 6.15. The van der Waals surface area contributed by atoms with Crippen LogP contribution in [-0.2, 0) is 4.79 Å². The van der Waals surface area contributed by atoms with E-state index in [-0.39, 0.29) is 5.91 Å². The number of unbranched alkanes of at least 4 members (excludes halogenated alkanes) is 2. The quantitative estimate of drug-likeness (QED) is 0.593. The smallest absolute Gasteiger partial charge is 0.227 e. The molecule has 1 N–H and O–H groups in total. The molecule has 0 spiro atoms. The number of hydrogen-bond donors (Lipinski definition) is 1. The lowest BCUT2D eigenvalue weighted by atomic mass is 10.1. The van der Waals surface area contributed by atoms with Crippen molar-refractivity contribution in [1.82, 2.24) is 4.98 Å². The van der Waals surface area contributed by atoms with Crippen LogP contribution in [0.3, 0.4) is 0 Å². The molecule has 0 unspecified atom stereocenters. The molecule has 0 aliphatic rings. The zero-order valence-electron chi connectivity index (χ0n) is 15.1. The van der Waals surface area contributed by atoms with Gasteiger partial charge in [0.2, 0.25) is 11.8 Å². The fourth-order valence-corrected chi connectivity index (χ4v) is 2.80. The predicted octanol–water partition coefficient (Wildman–Crippen LogP) is 5.63. The molecule has 2 aromatic carbocycles. The summed E-state index contributed by atoms with van der Waals surface area (Å²) < 4.78 is 5.86. The van der Waals surface area contributed by atoms with Gasteiger partial charge in [0, 0.05) is 17.7 Å². The Hall–Kier alpha value is -2.62. The van der Waals surface area contributed by atoms with Gasteiger partial charge in [-0.1, -0.05) is 31.9 Å². The van der Waals surface area contributed by atoms with E-state index in [4.69, 9.17) is 4.42 Å². The molecule has 4 nitrogen and oxygen atoms in total. The Labute approximate surface area is 148 Å². The third-order valence-electron chi connectivity index (χ3n) is 4.31. The van der Waals surface area contributed by atoms with Crippen molar-refractivity contribution >= 4 is 22.7 Å². The van der Waals surface area contributed by atoms with Gasteiger partial charge in [0.25, 0.3) is 0 Å². The van der Waals surface area contributed by atoms with Crippen molar-refractivity contribution in [1.29, 1.82) is 0 Å². The Morgan fingerprint density at radius 1 is 1.12 bits per heavy atom. The van der Waals surface area contributed by atoms with Crippen molar-refractivity contribution in [2.45, 2.75) is 46.5 Å². The number of aromatic nitrogens is 1. The highest BCUT2D eigenvalue weighted by Gasteiger charge is 2.11. The Morgan fingerprint density at radius 3 is 2.76 bits per heavy atom. The summed E-state index contributed by atoms with van der Waals surface area (Å²) in [5.41, 5.74) is 5.48. The Morgan fingerprint density at radius 2 is 1.96 bits per heavy atom. The molecule has 3 aromatic rings. The number of rotatable bonds is 6. The molecule has 1 aromatic heterocycles. The number of aryl methyl sites for hydroxylation is 2. The SMILES string of the molecule is CCCCCC(=O)Nc1cc(-c2nc3cc(C)ccc3o2)ccc1C. The maximum Gasteiger partial charge on any atom is 0.227 e. The van der Waals surface area contributed by atoms with Gasteiger partial charge in [0.15, 0.2) is 5.58 Å². The van der Waals surface area contributed by atoms with Crippen LogP contribution in [-0.4, -0.2) is 10.9 Å². The van der Waals surface area contributed by atoms with Gasteiger partial charge in [-0.05, 0) is 55.7 Å². The van der Waals surface area contributed by atoms with Crippen LogP contribution in [0.15, 0.2) is 40.8 Å². The van der Waals surface area contributed by atoms with Crippen molar-refractivity contribution in [3.8, 4) is 11.5 Å². The Bertz CT molecular complexity index is 896. The lowest BCUT2D eigenvalue weighted by Crippen LogP contribution is -2.12. The van der Waals surface area contributed by atoms with Crippen molar-refractivity contribution in [3.05, 3.63) is 47.5 Å². The predicted molar refractivity (Wildman–Crippen MR) is 102 cm³/mol. The number of carbonyl (C=O) groups is 1. The molecule has 0 saturated heterocycles. The van der Waals surface area contributed by atoms with E-state index in [1.165, 1.54) is 0 Å². The van der Waals surface area contributed by atoms with E-state index in [0.717, 1.165) is 52.7 Å². The van der Waals surface area contributed by atoms with E-state index in [1.807, 2.05) is 50.2 Å². The highest BCUT2D eigenvalue weighted by atomic mass is 16.3. The highest BCUT2D eigenvalue weighted by molar-refractivity contribution is 5.92. The molecule has 0 bridgehead atoms. The summed E-state index contributed by atoms with van der Waals surface area (Å²) in [5.74, 6) is 0.629. The van der Waals surface area contributed by atoms with Crippen molar-refractivity contribution in [2.24, 2.45) is 0 Å². The lowest BCUT2D eigenvalue weighted by molar-refractivity contribution is -0.116. The zero-order chi connectivity index (χ0) is 17.8. The summed E-state index contributed by atoms with van der Waals surface area (Å²) in [5, 5.41) is 3.01. The molecule has 1 amide bonds. The van der Waals surface area contributed by atoms with E-state index in [0.29, 0.717) is 12.3 Å². The number of nitrogens with zero attached hydrogens (tertiary/aromatic N) is 1. The number of benzene rings is 2. The average Bonchev–Trinajstić information content (AvgIpc) is 3.00. The summed E-state index contributed by atoms with van der Waals surface area (Å²) >= 11 is 0. The minimum absolute atomic E-state index is 0.0573. The van der Waals surface area contributed by atoms with Gasteiger partial charge in [-0.2, -0.15) is 0 Å². The second-order valence-corrected chi connectivity index (χ2v) is 6.53. The van der Waals surface area contributed by atoms with Gasteiger partial charge >= 0.3 is 0 Å². The summed E-state index contributed by atoms with van der Waals surface area (Å²) in [6, 6.07) is 11.8. The molecule has 4 heteroatoms. The van der Waals surface area contributed by atoms with Gasteiger partial charge < -0.3 is 9.73 Å². The number of fused-ring (bicyclic) bond motifs is 1. The standard InChI is InChI=1S/C21H24N2O2/c1-4-5-6-7-20(24)22-17-13-16(10-9-15(17)3)21-23-18-12-14(2)8-11-19(18)25-21/h8-13H,4-7H2,1-3H3,(H,22,24). The molecule has 3 rings (SSSR count). The molecule has 0 atom stereocenters. The van der Waals surface area contributed by atoms with Gasteiger partial charge in [-0.25, -0.2) is 4.98 Å². The zero-order valence-corrected chi connectivity index (χ0v) is 15.1. The molecule has 0 saturated carbocycles. The third kappa shape index (κ3) is 4.08. The van der Waals surface area contributed by atoms with E-state index in [9.17, 15) is 4.79 Å². The second-order valence-electron chi connectivity index (χ2n) is 6.53. The number of carbonyl (C=O) groups excluding carboxylic acids is 1. The van der Waals surface area contributed by atoms with E-state index in [2.05, 4.69) is 17.2 Å². The fraction of sp³-hybridized carbons (Fsp3) is 0.333. The first kappa shape index (κ1) is 17.2. The summed E-state index contributed by atoms with van der Waals surface area (Å²) in [4.78, 5) is 16.7. The van der Waals surface area contributed by atoms with Crippen LogP contribution in [0.2, 0.25) is 0 Å². The Kier molecular flexibility index (Phi) is 5.17.